The van der Waals surface area contributed by atoms with Crippen LogP contribution in [0.2, 0.25) is 0 Å². The van der Waals surface area contributed by atoms with Gasteiger partial charge < -0.3 is 5.11 Å². The molecular weight excluding hydrogens is 310 g/mol. The van der Waals surface area contributed by atoms with Crippen molar-refractivity contribution in [3.05, 3.63) is 18.2 Å². The number of hydrogen-bond acceptors (Lipinski definition) is 5. The van der Waals surface area contributed by atoms with E-state index in [2.05, 4.69) is 8.73 Å². The largest absolute Gasteiger partial charge is 0.393 e. The smallest absolute Gasteiger partial charge is 0.245 e. The van der Waals surface area contributed by atoms with Crippen LogP contribution in [0.4, 0.5) is 11.4 Å². The monoisotopic (exact) mass is 327 g/mol. The Morgan fingerprint density at radius 3 is 2.71 bits per heavy atom. The molecule has 6 nitrogen and oxygen atoms in total. The highest BCUT2D eigenvalue weighted by Gasteiger charge is 2.33. The van der Waals surface area contributed by atoms with Crippen LogP contribution < -0.4 is 0 Å². The van der Waals surface area contributed by atoms with Crippen LogP contribution in [-0.4, -0.2) is 37.0 Å². The summed E-state index contributed by atoms with van der Waals surface area (Å²) in [6.45, 7) is 2.63. The predicted molar refractivity (Wildman–Crippen MR) is 81.1 cm³/mol. The summed E-state index contributed by atoms with van der Waals surface area (Å²) >= 11 is 1.02. The molecule has 1 saturated heterocycles. The molecule has 0 amide bonds. The van der Waals surface area contributed by atoms with Gasteiger partial charge in [0.05, 0.1) is 17.5 Å². The predicted octanol–water partition coefficient (Wildman–Crippen LogP) is 2.19. The zero-order chi connectivity index (χ0) is 15.0. The summed E-state index contributed by atoms with van der Waals surface area (Å²) in [6, 6.07) is 5.04. The van der Waals surface area contributed by atoms with E-state index in [0.717, 1.165) is 11.4 Å². The Labute approximate surface area is 127 Å². The summed E-state index contributed by atoms with van der Waals surface area (Å²) in [5.41, 5.74) is 1.06. The Hall–Kier alpha value is -1.09. The Balaban J connectivity index is 1.86. The van der Waals surface area contributed by atoms with Crippen molar-refractivity contribution >= 4 is 32.8 Å². The maximum atomic E-state index is 12.8. The second-order valence-electron chi connectivity index (χ2n) is 5.37. The van der Waals surface area contributed by atoms with E-state index in [-0.39, 0.29) is 16.9 Å². The Morgan fingerprint density at radius 1 is 1.33 bits per heavy atom. The summed E-state index contributed by atoms with van der Waals surface area (Å²) in [5.74, 6) is 0.174. The molecule has 0 aromatic heterocycles. The average molecular weight is 327 g/mol. The van der Waals surface area contributed by atoms with Gasteiger partial charge in [0.1, 0.15) is 16.3 Å². The second-order valence-corrected chi connectivity index (χ2v) is 7.81. The third kappa shape index (κ3) is 2.68. The van der Waals surface area contributed by atoms with Crippen molar-refractivity contribution in [2.75, 3.05) is 13.1 Å². The molecule has 0 bridgehead atoms. The number of fused-ring (bicyclic) bond motifs is 1. The quantitative estimate of drug-likeness (QED) is 0.938. The first kappa shape index (κ1) is 14.8. The zero-order valence-electron chi connectivity index (χ0n) is 11.6. The van der Waals surface area contributed by atoms with E-state index in [1.54, 1.807) is 25.1 Å². The Kier molecular flexibility index (Phi) is 3.96. The van der Waals surface area contributed by atoms with Crippen molar-refractivity contribution in [3.63, 3.8) is 0 Å². The molecule has 0 spiro atoms. The molecular formula is C13H17N3O3S2. The lowest BCUT2D eigenvalue weighted by atomic mass is 9.93. The van der Waals surface area contributed by atoms with E-state index in [0.29, 0.717) is 37.3 Å². The molecule has 2 aliphatic rings. The lowest BCUT2D eigenvalue weighted by Gasteiger charge is -2.32. The standard InChI is InChI=1S/C13H17N3O3S2/c1-9(17)10-5-7-16(8-6-10)21(18,19)12-4-2-3-11-13(12)15-20-14-11/h2-4,9-10,17H,5-8H2,1H3. The fourth-order valence-corrected chi connectivity index (χ4v) is 4.95. The van der Waals surface area contributed by atoms with Gasteiger partial charge in [-0.15, -0.1) is 0 Å². The third-order valence-corrected chi connectivity index (χ3v) is 6.52. The number of nitrogens with zero attached hydrogens (tertiary/aromatic N) is 3. The molecule has 1 unspecified atom stereocenters. The minimum atomic E-state index is -3.55. The van der Waals surface area contributed by atoms with E-state index in [9.17, 15) is 13.5 Å². The molecule has 1 fully saturated rings. The van der Waals surface area contributed by atoms with Crippen LogP contribution in [0.1, 0.15) is 19.8 Å². The molecule has 1 aromatic rings. The first-order valence-corrected chi connectivity index (χ1v) is 9.06. The molecule has 21 heavy (non-hydrogen) atoms. The first-order chi connectivity index (χ1) is 10.00. The summed E-state index contributed by atoms with van der Waals surface area (Å²) in [5, 5.41) is 9.61. The molecule has 1 aromatic carbocycles. The van der Waals surface area contributed by atoms with Crippen LogP contribution in [0, 0.1) is 5.92 Å². The van der Waals surface area contributed by atoms with Crippen molar-refractivity contribution in [3.8, 4) is 0 Å². The molecule has 0 aliphatic carbocycles. The van der Waals surface area contributed by atoms with Gasteiger partial charge in [0.2, 0.25) is 10.0 Å². The fraction of sp³-hybridized carbons (Fsp3) is 0.538. The van der Waals surface area contributed by atoms with Crippen molar-refractivity contribution in [2.45, 2.75) is 30.8 Å². The van der Waals surface area contributed by atoms with Gasteiger partial charge in [0.15, 0.2) is 0 Å². The number of piperidine rings is 1. The highest BCUT2D eigenvalue weighted by atomic mass is 32.2. The van der Waals surface area contributed by atoms with Gasteiger partial charge >= 0.3 is 0 Å². The van der Waals surface area contributed by atoms with Crippen molar-refractivity contribution < 1.29 is 13.5 Å². The van der Waals surface area contributed by atoms with Crippen LogP contribution in [0.5, 0.6) is 0 Å². The van der Waals surface area contributed by atoms with Crippen LogP contribution >= 0.6 is 0 Å². The highest BCUT2D eigenvalue weighted by molar-refractivity contribution is 7.89. The lowest BCUT2D eigenvalue weighted by molar-refractivity contribution is 0.0912. The molecule has 3 rings (SSSR count). The molecule has 0 radical (unpaired) electrons. The zero-order valence-corrected chi connectivity index (χ0v) is 13.3. The van der Waals surface area contributed by atoms with E-state index in [1.165, 1.54) is 4.31 Å². The molecule has 114 valence electrons. The minimum Gasteiger partial charge on any atom is -0.393 e. The minimum absolute atomic E-state index is 0.174. The van der Waals surface area contributed by atoms with E-state index >= 15 is 0 Å². The van der Waals surface area contributed by atoms with Gasteiger partial charge in [-0.05, 0) is 37.8 Å². The van der Waals surface area contributed by atoms with Crippen molar-refractivity contribution in [1.82, 2.24) is 4.31 Å². The van der Waals surface area contributed by atoms with E-state index in [1.807, 2.05) is 0 Å². The first-order valence-electron chi connectivity index (χ1n) is 6.89. The van der Waals surface area contributed by atoms with Gasteiger partial charge in [0.25, 0.3) is 0 Å². The van der Waals surface area contributed by atoms with Crippen LogP contribution in [0.15, 0.2) is 31.8 Å². The van der Waals surface area contributed by atoms with Gasteiger partial charge in [-0.2, -0.15) is 13.0 Å². The molecule has 8 heteroatoms. The summed E-state index contributed by atoms with van der Waals surface area (Å²) in [7, 11) is -3.55. The fourth-order valence-electron chi connectivity index (χ4n) is 2.73. The number of sulfonamides is 1. The number of aliphatic hydroxyl groups is 1. The Morgan fingerprint density at radius 2 is 2.05 bits per heavy atom. The highest BCUT2D eigenvalue weighted by Crippen LogP contribution is 2.39. The van der Waals surface area contributed by atoms with Gasteiger partial charge in [-0.3, -0.25) is 0 Å². The van der Waals surface area contributed by atoms with Crippen LogP contribution in [0.25, 0.3) is 0 Å². The summed E-state index contributed by atoms with van der Waals surface area (Å²) in [4.78, 5) is 0.226. The number of aliphatic hydroxyl groups excluding tert-OH is 1. The lowest BCUT2D eigenvalue weighted by Crippen LogP contribution is -2.40. The van der Waals surface area contributed by atoms with Crippen LogP contribution in [0.3, 0.4) is 0 Å². The van der Waals surface area contributed by atoms with Crippen LogP contribution in [-0.2, 0) is 21.4 Å². The Bertz CT molecular complexity index is 716. The van der Waals surface area contributed by atoms with E-state index < -0.39 is 10.0 Å². The molecule has 1 atom stereocenters. The number of rotatable bonds is 3. The van der Waals surface area contributed by atoms with Crippen molar-refractivity contribution in [2.24, 2.45) is 14.6 Å². The molecule has 2 aliphatic heterocycles. The van der Waals surface area contributed by atoms with E-state index in [4.69, 9.17) is 0 Å². The summed E-state index contributed by atoms with van der Waals surface area (Å²) in [6.07, 6.45) is 0.978. The topological polar surface area (TPSA) is 82.3 Å². The normalized spacial score (nSPS) is 21.0. The number of benzene rings is 1. The molecule has 0 saturated carbocycles. The number of hydrogen-bond donors (Lipinski definition) is 1. The maximum Gasteiger partial charge on any atom is 0.245 e. The summed E-state index contributed by atoms with van der Waals surface area (Å²) < 4.78 is 35.2. The van der Waals surface area contributed by atoms with Gasteiger partial charge in [0, 0.05) is 13.1 Å². The van der Waals surface area contributed by atoms with Crippen molar-refractivity contribution in [1.29, 1.82) is 0 Å². The SMILES string of the molecule is CC(O)C1CCN(S(=O)(=O)c2cccc3c2N=S=N3)CC1. The molecule has 2 heterocycles. The van der Waals surface area contributed by atoms with Gasteiger partial charge in [-0.1, -0.05) is 6.07 Å². The second kappa shape index (κ2) is 5.60. The third-order valence-electron chi connectivity index (χ3n) is 4.05. The average Bonchev–Trinajstić information content (AvgIpc) is 2.95. The van der Waals surface area contributed by atoms with Gasteiger partial charge in [-0.25, -0.2) is 8.42 Å². The maximum absolute atomic E-state index is 12.8. The molecule has 1 N–H and O–H groups in total.